The van der Waals surface area contributed by atoms with Gasteiger partial charge in [-0.05, 0) is 40.2 Å². The third-order valence-corrected chi connectivity index (χ3v) is 2.22. The summed E-state index contributed by atoms with van der Waals surface area (Å²) in [4.78, 5) is 0. The summed E-state index contributed by atoms with van der Waals surface area (Å²) in [5.41, 5.74) is -0.307. The predicted molar refractivity (Wildman–Crippen MR) is 59.1 cm³/mol. The average Bonchev–Trinajstić information content (AvgIpc) is 2.14. The Morgan fingerprint density at radius 1 is 1.50 bits per heavy atom. The average molecular weight is 201 g/mol. The first kappa shape index (κ1) is 13.6. The van der Waals surface area contributed by atoms with Crippen molar-refractivity contribution in [3.05, 3.63) is 12.7 Å². The van der Waals surface area contributed by atoms with Gasteiger partial charge >= 0.3 is 0 Å². The number of nitrogens with one attached hydrogen (secondary N) is 1. The SMILES string of the molecule is C=CCCC(O)CCOC(C)(C)NC. The number of aliphatic hydroxyl groups is 1. The lowest BCUT2D eigenvalue weighted by molar-refractivity contribution is -0.0491. The summed E-state index contributed by atoms with van der Waals surface area (Å²) in [6.45, 7) is 8.11. The van der Waals surface area contributed by atoms with Gasteiger partial charge in [0, 0.05) is 0 Å². The van der Waals surface area contributed by atoms with Crippen LogP contribution in [0.2, 0.25) is 0 Å². The van der Waals surface area contributed by atoms with Gasteiger partial charge in [-0.2, -0.15) is 0 Å². The minimum Gasteiger partial charge on any atom is -0.393 e. The monoisotopic (exact) mass is 201 g/mol. The number of allylic oxidation sites excluding steroid dienone is 1. The van der Waals surface area contributed by atoms with Crippen molar-refractivity contribution >= 4 is 0 Å². The molecule has 0 heterocycles. The maximum absolute atomic E-state index is 9.50. The number of aliphatic hydroxyl groups excluding tert-OH is 1. The number of hydrogen-bond acceptors (Lipinski definition) is 3. The smallest absolute Gasteiger partial charge is 0.113 e. The quantitative estimate of drug-likeness (QED) is 0.464. The maximum Gasteiger partial charge on any atom is 0.113 e. The summed E-state index contributed by atoms with van der Waals surface area (Å²) in [6.07, 6.45) is 3.85. The molecular weight excluding hydrogens is 178 g/mol. The number of hydrogen-bond donors (Lipinski definition) is 2. The Labute approximate surface area is 87.2 Å². The Balaban J connectivity index is 3.48. The first-order valence-corrected chi connectivity index (χ1v) is 5.13. The Morgan fingerprint density at radius 3 is 2.64 bits per heavy atom. The van der Waals surface area contributed by atoms with Gasteiger partial charge in [0.05, 0.1) is 12.7 Å². The molecule has 0 aromatic rings. The number of rotatable bonds is 8. The summed E-state index contributed by atoms with van der Waals surface area (Å²) in [7, 11) is 1.86. The van der Waals surface area contributed by atoms with E-state index in [-0.39, 0.29) is 11.8 Å². The van der Waals surface area contributed by atoms with Crippen molar-refractivity contribution in [2.45, 2.75) is 44.9 Å². The minimum atomic E-state index is -0.307. The van der Waals surface area contributed by atoms with E-state index in [1.807, 2.05) is 27.0 Å². The van der Waals surface area contributed by atoms with E-state index in [1.54, 1.807) is 0 Å². The van der Waals surface area contributed by atoms with Gasteiger partial charge in [-0.3, -0.25) is 5.32 Å². The highest BCUT2D eigenvalue weighted by atomic mass is 16.5. The standard InChI is InChI=1S/C11H23NO2/c1-5-6-7-10(13)8-9-14-11(2,3)12-4/h5,10,12-13H,1,6-9H2,2-4H3. The van der Waals surface area contributed by atoms with Gasteiger partial charge in [-0.15, -0.1) is 6.58 Å². The van der Waals surface area contributed by atoms with Crippen molar-refractivity contribution in [2.75, 3.05) is 13.7 Å². The van der Waals surface area contributed by atoms with Crippen LogP contribution in [0.3, 0.4) is 0 Å². The van der Waals surface area contributed by atoms with E-state index >= 15 is 0 Å². The molecule has 0 aliphatic carbocycles. The molecule has 1 atom stereocenters. The summed E-state index contributed by atoms with van der Waals surface area (Å²) in [5, 5.41) is 12.5. The van der Waals surface area contributed by atoms with Crippen molar-refractivity contribution in [1.82, 2.24) is 5.32 Å². The molecule has 1 unspecified atom stereocenters. The van der Waals surface area contributed by atoms with Gasteiger partial charge in [0.2, 0.25) is 0 Å². The molecule has 0 saturated heterocycles. The zero-order valence-corrected chi connectivity index (χ0v) is 9.55. The molecule has 0 aromatic carbocycles. The third-order valence-electron chi connectivity index (χ3n) is 2.22. The Kier molecular flexibility index (Phi) is 6.79. The molecule has 0 amide bonds. The molecule has 0 spiro atoms. The fourth-order valence-electron chi connectivity index (χ4n) is 0.977. The topological polar surface area (TPSA) is 41.5 Å². The lowest BCUT2D eigenvalue weighted by Crippen LogP contribution is -2.39. The van der Waals surface area contributed by atoms with Crippen LogP contribution in [0.5, 0.6) is 0 Å². The van der Waals surface area contributed by atoms with Crippen molar-refractivity contribution in [2.24, 2.45) is 0 Å². The van der Waals surface area contributed by atoms with Crippen LogP contribution in [0.1, 0.15) is 33.1 Å². The summed E-state index contributed by atoms with van der Waals surface area (Å²) in [6, 6.07) is 0. The lowest BCUT2D eigenvalue weighted by atomic mass is 10.1. The third kappa shape index (κ3) is 7.06. The first-order chi connectivity index (χ1) is 6.52. The van der Waals surface area contributed by atoms with Crippen molar-refractivity contribution in [1.29, 1.82) is 0 Å². The molecule has 0 aliphatic rings. The maximum atomic E-state index is 9.50. The van der Waals surface area contributed by atoms with Crippen molar-refractivity contribution in [3.63, 3.8) is 0 Å². The predicted octanol–water partition coefficient (Wildman–Crippen LogP) is 1.68. The van der Waals surface area contributed by atoms with Crippen LogP contribution in [-0.4, -0.2) is 30.6 Å². The second-order valence-electron chi connectivity index (χ2n) is 3.92. The lowest BCUT2D eigenvalue weighted by Gasteiger charge is -2.25. The van der Waals surface area contributed by atoms with Gasteiger partial charge in [0.15, 0.2) is 0 Å². The molecule has 3 nitrogen and oxygen atoms in total. The molecule has 3 heteroatoms. The van der Waals surface area contributed by atoms with Crippen LogP contribution >= 0.6 is 0 Å². The first-order valence-electron chi connectivity index (χ1n) is 5.13. The van der Waals surface area contributed by atoms with E-state index in [4.69, 9.17) is 4.74 Å². The molecule has 0 aliphatic heterocycles. The van der Waals surface area contributed by atoms with Crippen LogP contribution in [0.4, 0.5) is 0 Å². The van der Waals surface area contributed by atoms with E-state index in [0.717, 1.165) is 12.8 Å². The van der Waals surface area contributed by atoms with Crippen LogP contribution in [0.15, 0.2) is 12.7 Å². The van der Waals surface area contributed by atoms with Crippen LogP contribution < -0.4 is 5.32 Å². The molecular formula is C11H23NO2. The van der Waals surface area contributed by atoms with Crippen LogP contribution in [0.25, 0.3) is 0 Å². The van der Waals surface area contributed by atoms with Crippen molar-refractivity contribution in [3.8, 4) is 0 Å². The second-order valence-corrected chi connectivity index (χ2v) is 3.92. The summed E-state index contributed by atoms with van der Waals surface area (Å²) < 4.78 is 5.53. The van der Waals surface area contributed by atoms with E-state index in [2.05, 4.69) is 11.9 Å². The van der Waals surface area contributed by atoms with Crippen LogP contribution in [-0.2, 0) is 4.74 Å². The Hall–Kier alpha value is -0.380. The van der Waals surface area contributed by atoms with Gasteiger partial charge in [-0.25, -0.2) is 0 Å². The van der Waals surface area contributed by atoms with E-state index < -0.39 is 0 Å². The zero-order valence-electron chi connectivity index (χ0n) is 9.55. The molecule has 2 N–H and O–H groups in total. The largest absolute Gasteiger partial charge is 0.393 e. The fraction of sp³-hybridized carbons (Fsp3) is 0.818. The summed E-state index contributed by atoms with van der Waals surface area (Å²) >= 11 is 0. The van der Waals surface area contributed by atoms with Gasteiger partial charge in [0.25, 0.3) is 0 Å². The van der Waals surface area contributed by atoms with E-state index in [9.17, 15) is 5.11 Å². The van der Waals surface area contributed by atoms with Crippen LogP contribution in [0, 0.1) is 0 Å². The normalized spacial score (nSPS) is 14.0. The molecule has 0 rings (SSSR count). The molecule has 84 valence electrons. The van der Waals surface area contributed by atoms with Crippen molar-refractivity contribution < 1.29 is 9.84 Å². The Morgan fingerprint density at radius 2 is 2.14 bits per heavy atom. The Bertz CT molecular complexity index is 157. The van der Waals surface area contributed by atoms with Gasteiger partial charge < -0.3 is 9.84 Å². The second kappa shape index (κ2) is 6.98. The fourth-order valence-corrected chi connectivity index (χ4v) is 0.977. The van der Waals surface area contributed by atoms with Gasteiger partial charge in [-0.1, -0.05) is 6.08 Å². The van der Waals surface area contributed by atoms with Gasteiger partial charge in [0.1, 0.15) is 5.72 Å². The zero-order chi connectivity index (χ0) is 11.0. The number of ether oxygens (including phenoxy) is 1. The highest BCUT2D eigenvalue weighted by Crippen LogP contribution is 2.07. The highest BCUT2D eigenvalue weighted by Gasteiger charge is 2.14. The molecule has 0 radical (unpaired) electrons. The molecule has 0 bridgehead atoms. The van der Waals surface area contributed by atoms with E-state index in [0.29, 0.717) is 13.0 Å². The molecule has 0 aromatic heterocycles. The highest BCUT2D eigenvalue weighted by molar-refractivity contribution is 4.69. The van der Waals surface area contributed by atoms with E-state index in [1.165, 1.54) is 0 Å². The molecule has 14 heavy (non-hydrogen) atoms. The minimum absolute atomic E-state index is 0.277. The molecule has 0 fully saturated rings. The molecule has 0 saturated carbocycles. The summed E-state index contributed by atoms with van der Waals surface area (Å²) in [5.74, 6) is 0.